The molecule has 0 bridgehead atoms. The summed E-state index contributed by atoms with van der Waals surface area (Å²) in [5.74, 6) is 0.280. The van der Waals surface area contributed by atoms with Crippen molar-refractivity contribution in [2.45, 2.75) is 25.8 Å². The Balaban J connectivity index is 1.73. The largest absolute Gasteiger partial charge is 0.396 e. The van der Waals surface area contributed by atoms with Crippen molar-refractivity contribution in [2.75, 3.05) is 25.0 Å². The van der Waals surface area contributed by atoms with Crippen molar-refractivity contribution in [1.82, 2.24) is 4.90 Å². The highest BCUT2D eigenvalue weighted by Crippen LogP contribution is 2.28. The average molecular weight is 338 g/mol. The number of piperidine rings is 1. The Bertz CT molecular complexity index is 702. The van der Waals surface area contributed by atoms with Crippen LogP contribution in [0.2, 0.25) is 0 Å². The normalized spacial score (nSPS) is 19.4. The van der Waals surface area contributed by atoms with Gasteiger partial charge in [-0.2, -0.15) is 0 Å². The second-order valence-electron chi connectivity index (χ2n) is 6.76. The van der Waals surface area contributed by atoms with Crippen LogP contribution >= 0.6 is 0 Å². The lowest BCUT2D eigenvalue weighted by Gasteiger charge is -2.35. The number of benzene rings is 2. The molecule has 2 N–H and O–H groups in total. The molecule has 3 rings (SSSR count). The van der Waals surface area contributed by atoms with Crippen LogP contribution < -0.4 is 5.32 Å². The van der Waals surface area contributed by atoms with Gasteiger partial charge < -0.3 is 10.4 Å². The third-order valence-electron chi connectivity index (χ3n) is 5.01. The number of rotatable bonds is 5. The Hall–Kier alpha value is -2.17. The zero-order chi connectivity index (χ0) is 17.6. The number of hydrogen-bond acceptors (Lipinski definition) is 3. The Morgan fingerprint density at radius 3 is 2.68 bits per heavy atom. The predicted octanol–water partition coefficient (Wildman–Crippen LogP) is 3.38. The van der Waals surface area contributed by atoms with E-state index in [1.54, 1.807) is 0 Å². The standard InChI is InChI=1S/C21H26N2O2/c1-16(23-13-7-8-17(14-23)15-24)21(25)22-20-12-6-5-11-19(20)18-9-3-2-4-10-18/h2-6,9-12,16-17,24H,7-8,13-15H2,1H3,(H,22,25). The maximum atomic E-state index is 12.8. The number of hydrogen-bond donors (Lipinski definition) is 2. The Kier molecular flexibility index (Phi) is 5.84. The number of carbonyl (C=O) groups excluding carboxylic acids is 1. The van der Waals surface area contributed by atoms with Gasteiger partial charge in [0.05, 0.1) is 6.04 Å². The molecule has 1 fully saturated rings. The molecule has 1 aliphatic heterocycles. The summed E-state index contributed by atoms with van der Waals surface area (Å²) in [5.41, 5.74) is 2.95. The highest BCUT2D eigenvalue weighted by molar-refractivity contribution is 5.98. The summed E-state index contributed by atoms with van der Waals surface area (Å²) in [6, 6.07) is 17.8. The van der Waals surface area contributed by atoms with E-state index in [1.807, 2.05) is 61.5 Å². The van der Waals surface area contributed by atoms with Crippen molar-refractivity contribution in [3.05, 3.63) is 54.6 Å². The molecular weight excluding hydrogens is 312 g/mol. The highest BCUT2D eigenvalue weighted by atomic mass is 16.3. The van der Waals surface area contributed by atoms with Crippen LogP contribution in [-0.2, 0) is 4.79 Å². The van der Waals surface area contributed by atoms with Gasteiger partial charge in [-0.1, -0.05) is 48.5 Å². The molecule has 2 unspecified atom stereocenters. The first-order chi connectivity index (χ1) is 12.2. The van der Waals surface area contributed by atoms with E-state index in [9.17, 15) is 9.90 Å². The van der Waals surface area contributed by atoms with Crippen LogP contribution in [0.3, 0.4) is 0 Å². The summed E-state index contributed by atoms with van der Waals surface area (Å²) in [5, 5.41) is 12.5. The Morgan fingerprint density at radius 2 is 1.92 bits per heavy atom. The van der Waals surface area contributed by atoms with Crippen LogP contribution in [-0.4, -0.2) is 41.7 Å². The van der Waals surface area contributed by atoms with Gasteiger partial charge in [0.1, 0.15) is 0 Å². The molecular formula is C21H26N2O2. The first-order valence-electron chi connectivity index (χ1n) is 8.99. The second-order valence-corrected chi connectivity index (χ2v) is 6.76. The fourth-order valence-electron chi connectivity index (χ4n) is 3.46. The molecule has 132 valence electrons. The van der Waals surface area contributed by atoms with Gasteiger partial charge in [0, 0.05) is 24.4 Å². The summed E-state index contributed by atoms with van der Waals surface area (Å²) >= 11 is 0. The molecule has 0 radical (unpaired) electrons. The van der Waals surface area contributed by atoms with Crippen molar-refractivity contribution in [1.29, 1.82) is 0 Å². The SMILES string of the molecule is CC(C(=O)Nc1ccccc1-c1ccccc1)N1CCCC(CO)C1. The van der Waals surface area contributed by atoms with E-state index >= 15 is 0 Å². The van der Waals surface area contributed by atoms with Gasteiger partial charge in [0.15, 0.2) is 0 Å². The average Bonchev–Trinajstić information content (AvgIpc) is 2.68. The predicted molar refractivity (Wildman–Crippen MR) is 101 cm³/mol. The number of aliphatic hydroxyl groups is 1. The van der Waals surface area contributed by atoms with E-state index in [4.69, 9.17) is 0 Å². The zero-order valence-electron chi connectivity index (χ0n) is 14.7. The third kappa shape index (κ3) is 4.27. The van der Waals surface area contributed by atoms with E-state index in [0.29, 0.717) is 0 Å². The molecule has 1 aliphatic rings. The van der Waals surface area contributed by atoms with Gasteiger partial charge in [-0.3, -0.25) is 9.69 Å². The Morgan fingerprint density at radius 1 is 1.20 bits per heavy atom. The fraction of sp³-hybridized carbons (Fsp3) is 0.381. The molecule has 0 saturated carbocycles. The van der Waals surface area contributed by atoms with E-state index in [-0.39, 0.29) is 24.5 Å². The maximum Gasteiger partial charge on any atom is 0.241 e. The summed E-state index contributed by atoms with van der Waals surface area (Å²) in [7, 11) is 0. The first-order valence-corrected chi connectivity index (χ1v) is 8.99. The lowest BCUT2D eigenvalue weighted by atomic mass is 9.97. The number of nitrogens with zero attached hydrogens (tertiary/aromatic N) is 1. The van der Waals surface area contributed by atoms with Gasteiger partial charge in [0.25, 0.3) is 0 Å². The number of likely N-dealkylation sites (tertiary alicyclic amines) is 1. The summed E-state index contributed by atoms with van der Waals surface area (Å²) in [6.45, 7) is 3.83. The Labute approximate surface area is 149 Å². The van der Waals surface area contributed by atoms with Crippen molar-refractivity contribution >= 4 is 11.6 Å². The third-order valence-corrected chi connectivity index (χ3v) is 5.01. The summed E-state index contributed by atoms with van der Waals surface area (Å²) < 4.78 is 0. The zero-order valence-corrected chi connectivity index (χ0v) is 14.7. The number of anilines is 1. The molecule has 1 saturated heterocycles. The molecule has 4 heteroatoms. The van der Waals surface area contributed by atoms with Crippen molar-refractivity contribution in [3.8, 4) is 11.1 Å². The quantitative estimate of drug-likeness (QED) is 0.879. The highest BCUT2D eigenvalue weighted by Gasteiger charge is 2.27. The second kappa shape index (κ2) is 8.28. The molecule has 2 aromatic rings. The lowest BCUT2D eigenvalue weighted by Crippen LogP contribution is -2.47. The van der Waals surface area contributed by atoms with Crippen LogP contribution in [0.4, 0.5) is 5.69 Å². The maximum absolute atomic E-state index is 12.8. The topological polar surface area (TPSA) is 52.6 Å². The minimum atomic E-state index is -0.210. The van der Waals surface area contributed by atoms with Crippen molar-refractivity contribution in [3.63, 3.8) is 0 Å². The van der Waals surface area contributed by atoms with Gasteiger partial charge in [-0.15, -0.1) is 0 Å². The van der Waals surface area contributed by atoms with E-state index in [0.717, 1.165) is 42.7 Å². The fourth-order valence-corrected chi connectivity index (χ4v) is 3.46. The molecule has 2 atom stereocenters. The van der Waals surface area contributed by atoms with Crippen LogP contribution in [0.1, 0.15) is 19.8 Å². The first kappa shape index (κ1) is 17.6. The lowest BCUT2D eigenvalue weighted by molar-refractivity contribution is -0.121. The molecule has 0 aliphatic carbocycles. The van der Waals surface area contributed by atoms with Crippen LogP contribution in [0.25, 0.3) is 11.1 Å². The summed E-state index contributed by atoms with van der Waals surface area (Å²) in [6.07, 6.45) is 2.07. The van der Waals surface area contributed by atoms with Crippen LogP contribution in [0, 0.1) is 5.92 Å². The number of nitrogens with one attached hydrogen (secondary N) is 1. The van der Waals surface area contributed by atoms with E-state index < -0.39 is 0 Å². The van der Waals surface area contributed by atoms with Gasteiger partial charge >= 0.3 is 0 Å². The van der Waals surface area contributed by atoms with Crippen molar-refractivity contribution < 1.29 is 9.90 Å². The van der Waals surface area contributed by atoms with Gasteiger partial charge in [-0.05, 0) is 43.9 Å². The number of para-hydroxylation sites is 1. The van der Waals surface area contributed by atoms with Crippen LogP contribution in [0.5, 0.6) is 0 Å². The van der Waals surface area contributed by atoms with Crippen LogP contribution in [0.15, 0.2) is 54.6 Å². The molecule has 4 nitrogen and oxygen atoms in total. The van der Waals surface area contributed by atoms with Gasteiger partial charge in [-0.25, -0.2) is 0 Å². The smallest absolute Gasteiger partial charge is 0.241 e. The van der Waals surface area contributed by atoms with Gasteiger partial charge in [0.2, 0.25) is 5.91 Å². The molecule has 0 aromatic heterocycles. The molecule has 25 heavy (non-hydrogen) atoms. The van der Waals surface area contributed by atoms with Crippen molar-refractivity contribution in [2.24, 2.45) is 5.92 Å². The minimum Gasteiger partial charge on any atom is -0.396 e. The molecule has 1 heterocycles. The summed E-state index contributed by atoms with van der Waals surface area (Å²) in [4.78, 5) is 14.9. The number of amides is 1. The number of aliphatic hydroxyl groups excluding tert-OH is 1. The number of carbonyl (C=O) groups is 1. The van der Waals surface area contributed by atoms with E-state index in [2.05, 4.69) is 10.2 Å². The monoisotopic (exact) mass is 338 g/mol. The van der Waals surface area contributed by atoms with E-state index in [1.165, 1.54) is 0 Å². The minimum absolute atomic E-state index is 0.00182. The molecule has 2 aromatic carbocycles. The molecule has 0 spiro atoms. The molecule has 1 amide bonds.